The number of hydrogen-bond acceptors (Lipinski definition) is 1. The number of amides is 1. The number of hydrogen-bond donors (Lipinski definition) is 0. The summed E-state index contributed by atoms with van der Waals surface area (Å²) in [5.41, 5.74) is 0.999. The first-order valence-corrected chi connectivity index (χ1v) is 6.56. The van der Waals surface area contributed by atoms with Crippen LogP contribution in [0.2, 0.25) is 0 Å². The fourth-order valence-electron chi connectivity index (χ4n) is 2.88. The summed E-state index contributed by atoms with van der Waals surface area (Å²) in [5.74, 6) is 1.12. The molecular weight excluding hydrogens is 210 g/mol. The van der Waals surface area contributed by atoms with Gasteiger partial charge < -0.3 is 4.90 Å². The second-order valence-corrected chi connectivity index (χ2v) is 4.94. The van der Waals surface area contributed by atoms with Gasteiger partial charge in [0.2, 0.25) is 5.91 Å². The van der Waals surface area contributed by atoms with Gasteiger partial charge in [-0.3, -0.25) is 4.79 Å². The predicted octanol–water partition coefficient (Wildman–Crippen LogP) is 3.48. The Hall–Kier alpha value is -1.31. The van der Waals surface area contributed by atoms with Gasteiger partial charge in [-0.1, -0.05) is 38.0 Å². The van der Waals surface area contributed by atoms with E-state index in [-0.39, 0.29) is 5.92 Å². The molecule has 0 spiro atoms. The molecule has 0 heterocycles. The minimum atomic E-state index is 0.241. The van der Waals surface area contributed by atoms with E-state index >= 15 is 0 Å². The van der Waals surface area contributed by atoms with E-state index in [2.05, 4.69) is 6.92 Å². The second kappa shape index (κ2) is 5.35. The molecule has 0 radical (unpaired) electrons. The van der Waals surface area contributed by atoms with Crippen LogP contribution in [0.5, 0.6) is 0 Å². The number of carbonyl (C=O) groups is 1. The molecule has 1 aliphatic rings. The molecule has 2 nitrogen and oxygen atoms in total. The van der Waals surface area contributed by atoms with E-state index in [9.17, 15) is 4.79 Å². The first-order chi connectivity index (χ1) is 8.24. The molecule has 1 aromatic carbocycles. The molecule has 0 saturated heterocycles. The Morgan fingerprint density at radius 3 is 2.65 bits per heavy atom. The predicted molar refractivity (Wildman–Crippen MR) is 71.0 cm³/mol. The summed E-state index contributed by atoms with van der Waals surface area (Å²) in [4.78, 5) is 14.3. The normalized spacial score (nSPS) is 23.6. The maximum absolute atomic E-state index is 12.4. The fourth-order valence-corrected chi connectivity index (χ4v) is 2.88. The van der Waals surface area contributed by atoms with Crippen LogP contribution in [0, 0.1) is 11.8 Å². The van der Waals surface area contributed by atoms with Gasteiger partial charge in [0.1, 0.15) is 0 Å². The zero-order valence-electron chi connectivity index (χ0n) is 10.7. The van der Waals surface area contributed by atoms with Gasteiger partial charge >= 0.3 is 0 Å². The number of anilines is 1. The van der Waals surface area contributed by atoms with Crippen LogP contribution >= 0.6 is 0 Å². The minimum Gasteiger partial charge on any atom is -0.315 e. The fraction of sp³-hybridized carbons (Fsp3) is 0.533. The third kappa shape index (κ3) is 2.51. The average Bonchev–Trinajstić information content (AvgIpc) is 2.86. The molecule has 17 heavy (non-hydrogen) atoms. The minimum absolute atomic E-state index is 0.241. The lowest BCUT2D eigenvalue weighted by atomic mass is 9.92. The maximum atomic E-state index is 12.4. The number of benzene rings is 1. The van der Waals surface area contributed by atoms with Crippen LogP contribution < -0.4 is 4.90 Å². The molecule has 0 bridgehead atoms. The summed E-state index contributed by atoms with van der Waals surface area (Å²) in [7, 11) is 1.89. The number of carbonyl (C=O) groups excluding carboxylic acids is 1. The lowest BCUT2D eigenvalue weighted by Gasteiger charge is -2.24. The monoisotopic (exact) mass is 231 g/mol. The Labute approximate surface area is 104 Å². The molecule has 2 heteroatoms. The number of para-hydroxylation sites is 1. The van der Waals surface area contributed by atoms with Crippen LogP contribution in [-0.4, -0.2) is 13.0 Å². The van der Waals surface area contributed by atoms with Crippen LogP contribution in [-0.2, 0) is 4.79 Å². The van der Waals surface area contributed by atoms with Gasteiger partial charge in [-0.15, -0.1) is 0 Å². The van der Waals surface area contributed by atoms with E-state index in [0.717, 1.165) is 18.5 Å². The van der Waals surface area contributed by atoms with Crippen LogP contribution in [0.25, 0.3) is 0 Å². The highest BCUT2D eigenvalue weighted by atomic mass is 16.2. The topological polar surface area (TPSA) is 20.3 Å². The summed E-state index contributed by atoms with van der Waals surface area (Å²) >= 11 is 0. The van der Waals surface area contributed by atoms with E-state index in [0.29, 0.717) is 11.8 Å². The zero-order chi connectivity index (χ0) is 12.3. The summed E-state index contributed by atoms with van der Waals surface area (Å²) < 4.78 is 0. The van der Waals surface area contributed by atoms with Crippen LogP contribution in [0.4, 0.5) is 5.69 Å². The van der Waals surface area contributed by atoms with E-state index < -0.39 is 0 Å². The Bertz CT molecular complexity index is 374. The Balaban J connectivity index is 2.10. The molecule has 0 unspecified atom stereocenters. The van der Waals surface area contributed by atoms with Crippen LogP contribution in [0.3, 0.4) is 0 Å². The molecule has 1 fully saturated rings. The smallest absolute Gasteiger partial charge is 0.230 e. The highest BCUT2D eigenvalue weighted by Gasteiger charge is 2.33. The first-order valence-electron chi connectivity index (χ1n) is 6.56. The van der Waals surface area contributed by atoms with Gasteiger partial charge in [0, 0.05) is 18.7 Å². The molecular formula is C15H21NO. The molecule has 2 atom stereocenters. The summed E-state index contributed by atoms with van der Waals surface area (Å²) in [6.45, 7) is 2.19. The third-order valence-electron chi connectivity index (χ3n) is 3.97. The standard InChI is InChI=1S/C15H21NO/c1-3-12-8-7-11-14(12)15(17)16(2)13-9-5-4-6-10-13/h4-6,9-10,12,14H,3,7-8,11H2,1-2H3/t12-,14+/m1/s1. The van der Waals surface area contributed by atoms with Gasteiger partial charge in [0.25, 0.3) is 0 Å². The molecule has 1 aromatic rings. The van der Waals surface area contributed by atoms with E-state index in [4.69, 9.17) is 0 Å². The molecule has 0 aromatic heterocycles. The average molecular weight is 231 g/mol. The lowest BCUT2D eigenvalue weighted by molar-refractivity contribution is -0.123. The van der Waals surface area contributed by atoms with E-state index in [1.165, 1.54) is 12.8 Å². The van der Waals surface area contributed by atoms with Crippen LogP contribution in [0.15, 0.2) is 30.3 Å². The first kappa shape index (κ1) is 12.2. The van der Waals surface area contributed by atoms with Crippen molar-refractivity contribution >= 4 is 11.6 Å². The van der Waals surface area contributed by atoms with E-state index in [1.807, 2.05) is 42.3 Å². The largest absolute Gasteiger partial charge is 0.315 e. The molecule has 1 aliphatic carbocycles. The van der Waals surface area contributed by atoms with Crippen molar-refractivity contribution in [2.45, 2.75) is 32.6 Å². The second-order valence-electron chi connectivity index (χ2n) is 4.94. The van der Waals surface area contributed by atoms with Crippen molar-refractivity contribution in [3.8, 4) is 0 Å². The van der Waals surface area contributed by atoms with Crippen molar-refractivity contribution in [3.63, 3.8) is 0 Å². The summed E-state index contributed by atoms with van der Waals surface area (Å²) in [5, 5.41) is 0. The van der Waals surface area contributed by atoms with Crippen molar-refractivity contribution in [3.05, 3.63) is 30.3 Å². The highest BCUT2D eigenvalue weighted by Crippen LogP contribution is 2.35. The van der Waals surface area contributed by atoms with E-state index in [1.54, 1.807) is 0 Å². The Morgan fingerprint density at radius 2 is 2.00 bits per heavy atom. The molecule has 1 amide bonds. The number of nitrogens with zero attached hydrogens (tertiary/aromatic N) is 1. The van der Waals surface area contributed by atoms with Crippen molar-refractivity contribution < 1.29 is 4.79 Å². The third-order valence-corrected chi connectivity index (χ3v) is 3.97. The van der Waals surface area contributed by atoms with Gasteiger partial charge in [0.15, 0.2) is 0 Å². The molecule has 0 aliphatic heterocycles. The zero-order valence-corrected chi connectivity index (χ0v) is 10.7. The molecule has 92 valence electrons. The summed E-state index contributed by atoms with van der Waals surface area (Å²) in [6.07, 6.45) is 4.61. The van der Waals surface area contributed by atoms with Gasteiger partial charge in [-0.2, -0.15) is 0 Å². The van der Waals surface area contributed by atoms with Crippen molar-refractivity contribution in [2.75, 3.05) is 11.9 Å². The molecule has 2 rings (SSSR count). The number of rotatable bonds is 3. The van der Waals surface area contributed by atoms with Crippen molar-refractivity contribution in [1.82, 2.24) is 0 Å². The quantitative estimate of drug-likeness (QED) is 0.780. The van der Waals surface area contributed by atoms with Crippen LogP contribution in [0.1, 0.15) is 32.6 Å². The Morgan fingerprint density at radius 1 is 1.29 bits per heavy atom. The maximum Gasteiger partial charge on any atom is 0.230 e. The lowest BCUT2D eigenvalue weighted by Crippen LogP contribution is -2.34. The van der Waals surface area contributed by atoms with Gasteiger partial charge in [0.05, 0.1) is 0 Å². The van der Waals surface area contributed by atoms with Gasteiger partial charge in [-0.05, 0) is 30.9 Å². The van der Waals surface area contributed by atoms with Crippen molar-refractivity contribution in [2.24, 2.45) is 11.8 Å². The Kier molecular flexibility index (Phi) is 3.82. The summed E-state index contributed by atoms with van der Waals surface area (Å²) in [6, 6.07) is 9.92. The highest BCUT2D eigenvalue weighted by molar-refractivity contribution is 5.94. The molecule has 1 saturated carbocycles. The molecule has 0 N–H and O–H groups in total. The van der Waals surface area contributed by atoms with Gasteiger partial charge in [-0.25, -0.2) is 0 Å². The SMILES string of the molecule is CC[C@@H]1CCC[C@@H]1C(=O)N(C)c1ccccc1. The van der Waals surface area contributed by atoms with Crippen molar-refractivity contribution in [1.29, 1.82) is 0 Å².